The van der Waals surface area contributed by atoms with E-state index in [1.807, 2.05) is 60.7 Å². The molecule has 0 bridgehead atoms. The number of carbonyl (C=O) groups is 1. The lowest BCUT2D eigenvalue weighted by molar-refractivity contribution is -0.163. The fourth-order valence-electron chi connectivity index (χ4n) is 2.55. The van der Waals surface area contributed by atoms with Gasteiger partial charge in [0, 0.05) is 5.56 Å². The third-order valence-corrected chi connectivity index (χ3v) is 4.06. The third-order valence-electron chi connectivity index (χ3n) is 3.73. The molecule has 2 aromatic rings. The SMILES string of the molecule is O=C1OC(c2ccccc2)=NC(c2ccccc2)C1OCOCC(Cl)(Cl)Cl. The first-order chi connectivity index (χ1) is 12.9. The van der Waals surface area contributed by atoms with Crippen molar-refractivity contribution in [3.63, 3.8) is 0 Å². The van der Waals surface area contributed by atoms with Crippen LogP contribution in [-0.4, -0.2) is 35.2 Å². The number of halogens is 3. The van der Waals surface area contributed by atoms with Gasteiger partial charge in [0.05, 0.1) is 6.61 Å². The van der Waals surface area contributed by atoms with E-state index in [1.165, 1.54) is 0 Å². The number of hydrogen-bond acceptors (Lipinski definition) is 5. The molecular formula is C19H16Cl3NO4. The Morgan fingerprint density at radius 1 is 1.00 bits per heavy atom. The molecule has 1 aliphatic heterocycles. The van der Waals surface area contributed by atoms with Crippen molar-refractivity contribution >= 4 is 46.7 Å². The Balaban J connectivity index is 1.81. The van der Waals surface area contributed by atoms with Gasteiger partial charge in [0.25, 0.3) is 0 Å². The van der Waals surface area contributed by atoms with Crippen LogP contribution in [0.2, 0.25) is 0 Å². The number of esters is 1. The molecule has 3 rings (SSSR count). The summed E-state index contributed by atoms with van der Waals surface area (Å²) in [5.41, 5.74) is 1.52. The fraction of sp³-hybridized carbons (Fsp3) is 0.263. The molecule has 1 aliphatic rings. The molecule has 0 radical (unpaired) electrons. The van der Waals surface area contributed by atoms with Gasteiger partial charge in [0.15, 0.2) is 6.10 Å². The molecule has 0 amide bonds. The number of rotatable bonds is 6. The Morgan fingerprint density at radius 3 is 2.26 bits per heavy atom. The third kappa shape index (κ3) is 5.67. The Labute approximate surface area is 171 Å². The van der Waals surface area contributed by atoms with E-state index in [1.54, 1.807) is 0 Å². The molecule has 2 atom stereocenters. The highest BCUT2D eigenvalue weighted by molar-refractivity contribution is 6.67. The van der Waals surface area contributed by atoms with E-state index in [4.69, 9.17) is 49.0 Å². The van der Waals surface area contributed by atoms with Crippen LogP contribution in [0.5, 0.6) is 0 Å². The monoisotopic (exact) mass is 427 g/mol. The van der Waals surface area contributed by atoms with Gasteiger partial charge in [-0.25, -0.2) is 9.79 Å². The minimum Gasteiger partial charge on any atom is -0.405 e. The first-order valence-corrected chi connectivity index (χ1v) is 9.23. The molecule has 8 heteroatoms. The van der Waals surface area contributed by atoms with Crippen molar-refractivity contribution in [2.24, 2.45) is 4.99 Å². The molecule has 2 aromatic carbocycles. The molecule has 0 aromatic heterocycles. The maximum Gasteiger partial charge on any atom is 0.344 e. The summed E-state index contributed by atoms with van der Waals surface area (Å²) in [5.74, 6) is -0.313. The Morgan fingerprint density at radius 2 is 1.63 bits per heavy atom. The zero-order valence-electron chi connectivity index (χ0n) is 14.1. The topological polar surface area (TPSA) is 57.1 Å². The van der Waals surface area contributed by atoms with Gasteiger partial charge in [-0.1, -0.05) is 83.3 Å². The van der Waals surface area contributed by atoms with Crippen molar-refractivity contribution in [3.8, 4) is 0 Å². The molecule has 0 saturated heterocycles. The lowest BCUT2D eigenvalue weighted by Gasteiger charge is -2.28. The van der Waals surface area contributed by atoms with E-state index < -0.39 is 21.9 Å². The Hall–Kier alpha value is -1.63. The highest BCUT2D eigenvalue weighted by Gasteiger charge is 2.38. The molecule has 0 saturated carbocycles. The van der Waals surface area contributed by atoms with Crippen LogP contribution in [0.3, 0.4) is 0 Å². The predicted molar refractivity (Wildman–Crippen MR) is 104 cm³/mol. The number of carbonyl (C=O) groups excluding carboxylic acids is 1. The summed E-state index contributed by atoms with van der Waals surface area (Å²) in [6, 6.07) is 18.0. The standard InChI is InChI=1S/C19H16Cl3NO4/c20-19(21,22)11-25-12-26-16-15(13-7-3-1-4-8-13)23-17(27-18(16)24)14-9-5-2-6-10-14/h1-10,15-16H,11-12H2. The minimum absolute atomic E-state index is 0.173. The van der Waals surface area contributed by atoms with E-state index >= 15 is 0 Å². The summed E-state index contributed by atoms with van der Waals surface area (Å²) in [5, 5.41) is 0. The van der Waals surface area contributed by atoms with Crippen molar-refractivity contribution in [3.05, 3.63) is 71.8 Å². The zero-order chi connectivity index (χ0) is 19.3. The number of cyclic esters (lactones) is 1. The van der Waals surface area contributed by atoms with E-state index in [9.17, 15) is 4.79 Å². The van der Waals surface area contributed by atoms with Gasteiger partial charge >= 0.3 is 5.97 Å². The molecule has 1 heterocycles. The van der Waals surface area contributed by atoms with Crippen molar-refractivity contribution < 1.29 is 19.0 Å². The smallest absolute Gasteiger partial charge is 0.344 e. The van der Waals surface area contributed by atoms with E-state index in [0.29, 0.717) is 5.56 Å². The largest absolute Gasteiger partial charge is 0.405 e. The van der Waals surface area contributed by atoms with E-state index in [-0.39, 0.29) is 19.3 Å². The van der Waals surface area contributed by atoms with Crippen molar-refractivity contribution in [2.75, 3.05) is 13.4 Å². The molecule has 0 aliphatic carbocycles. The molecule has 5 nitrogen and oxygen atoms in total. The number of ether oxygens (including phenoxy) is 3. The van der Waals surface area contributed by atoms with Crippen LogP contribution in [-0.2, 0) is 19.0 Å². The number of nitrogens with zero attached hydrogens (tertiary/aromatic N) is 1. The van der Waals surface area contributed by atoms with Gasteiger partial charge in [-0.05, 0) is 17.7 Å². The lowest BCUT2D eigenvalue weighted by atomic mass is 10.0. The van der Waals surface area contributed by atoms with Crippen LogP contribution >= 0.6 is 34.8 Å². The van der Waals surface area contributed by atoms with Crippen LogP contribution in [0.15, 0.2) is 65.7 Å². The highest BCUT2D eigenvalue weighted by atomic mass is 35.6. The van der Waals surface area contributed by atoms with Gasteiger partial charge in [0.1, 0.15) is 12.8 Å². The molecule has 0 spiro atoms. The Kier molecular flexibility index (Phi) is 6.73. The quantitative estimate of drug-likeness (QED) is 0.295. The average Bonchev–Trinajstić information content (AvgIpc) is 2.66. The molecule has 0 N–H and O–H groups in total. The second-order valence-corrected chi connectivity index (χ2v) is 8.26. The molecule has 2 unspecified atom stereocenters. The van der Waals surface area contributed by atoms with Gasteiger partial charge in [0.2, 0.25) is 9.69 Å². The molecule has 27 heavy (non-hydrogen) atoms. The first kappa shape index (κ1) is 20.1. The highest BCUT2D eigenvalue weighted by Crippen LogP contribution is 2.30. The van der Waals surface area contributed by atoms with Gasteiger partial charge in [-0.2, -0.15) is 0 Å². The summed E-state index contributed by atoms with van der Waals surface area (Å²) in [6.07, 6.45) is -0.977. The Bertz CT molecular complexity index is 794. The van der Waals surface area contributed by atoms with Crippen molar-refractivity contribution in [1.29, 1.82) is 0 Å². The first-order valence-electron chi connectivity index (χ1n) is 8.10. The second kappa shape index (κ2) is 9.04. The van der Waals surface area contributed by atoms with Crippen LogP contribution in [0.4, 0.5) is 0 Å². The van der Waals surface area contributed by atoms with Crippen LogP contribution in [0.1, 0.15) is 17.2 Å². The summed E-state index contributed by atoms with van der Waals surface area (Å²) in [4.78, 5) is 17.2. The minimum atomic E-state index is -1.56. The normalized spacial score (nSPS) is 20.1. The van der Waals surface area contributed by atoms with Crippen LogP contribution in [0, 0.1) is 0 Å². The van der Waals surface area contributed by atoms with E-state index in [0.717, 1.165) is 5.56 Å². The molecule has 0 fully saturated rings. The van der Waals surface area contributed by atoms with Crippen molar-refractivity contribution in [1.82, 2.24) is 0 Å². The van der Waals surface area contributed by atoms with Crippen LogP contribution in [0.25, 0.3) is 0 Å². The second-order valence-electron chi connectivity index (χ2n) is 5.75. The zero-order valence-corrected chi connectivity index (χ0v) is 16.3. The van der Waals surface area contributed by atoms with Gasteiger partial charge in [-0.15, -0.1) is 0 Å². The molecular weight excluding hydrogens is 413 g/mol. The van der Waals surface area contributed by atoms with Gasteiger partial charge < -0.3 is 14.2 Å². The van der Waals surface area contributed by atoms with Crippen molar-refractivity contribution in [2.45, 2.75) is 15.9 Å². The number of hydrogen-bond donors (Lipinski definition) is 0. The number of alkyl halides is 3. The maximum absolute atomic E-state index is 12.6. The summed E-state index contributed by atoms with van der Waals surface area (Å²) in [6.45, 7) is -0.416. The lowest BCUT2D eigenvalue weighted by Crippen LogP contribution is -2.39. The maximum atomic E-state index is 12.6. The summed E-state index contributed by atoms with van der Waals surface area (Å²) >= 11 is 16.9. The summed E-state index contributed by atoms with van der Waals surface area (Å²) < 4.78 is 14.6. The van der Waals surface area contributed by atoms with E-state index in [2.05, 4.69) is 4.99 Å². The number of benzene rings is 2. The predicted octanol–water partition coefficient (Wildman–Crippen LogP) is 4.46. The molecule has 142 valence electrons. The number of aliphatic imine (C=N–C) groups is 1. The fourth-order valence-corrected chi connectivity index (χ4v) is 2.79. The average molecular weight is 429 g/mol. The summed E-state index contributed by atoms with van der Waals surface area (Å²) in [7, 11) is 0. The van der Waals surface area contributed by atoms with Crippen LogP contribution < -0.4 is 0 Å². The van der Waals surface area contributed by atoms with Gasteiger partial charge in [-0.3, -0.25) is 0 Å².